The molecular weight excluding hydrogens is 240 g/mol. The van der Waals surface area contributed by atoms with Crippen LogP contribution in [0.2, 0.25) is 0 Å². The van der Waals surface area contributed by atoms with E-state index in [2.05, 4.69) is 41.9 Å². The molecule has 0 saturated heterocycles. The summed E-state index contributed by atoms with van der Waals surface area (Å²) in [6, 6.07) is 4.18. The Morgan fingerprint density at radius 1 is 1.29 bits per heavy atom. The van der Waals surface area contributed by atoms with Gasteiger partial charge in [0.1, 0.15) is 5.78 Å². The summed E-state index contributed by atoms with van der Waals surface area (Å²) in [6.07, 6.45) is 1.79. The molecule has 2 heteroatoms. The average molecular weight is 253 g/mol. The number of benzene rings is 1. The molecule has 2 rings (SSSR count). The van der Waals surface area contributed by atoms with Crippen LogP contribution in [0, 0.1) is 13.8 Å². The Hall–Kier alpha value is -0.630. The molecule has 1 unspecified atom stereocenters. The molecule has 0 spiro atoms. The Bertz CT molecular complexity index is 372. The van der Waals surface area contributed by atoms with E-state index in [0.717, 1.165) is 17.3 Å². The predicted octanol–water partition coefficient (Wildman–Crippen LogP) is 3.51. The Kier molecular flexibility index (Phi) is 2.48. The molecule has 1 aromatic carbocycles. The zero-order valence-corrected chi connectivity index (χ0v) is 10.0. The average Bonchev–Trinajstić information content (AvgIpc) is 2.08. The fourth-order valence-electron chi connectivity index (χ4n) is 2.18. The second-order valence-electron chi connectivity index (χ2n) is 4.01. The molecule has 0 heterocycles. The van der Waals surface area contributed by atoms with Crippen LogP contribution in [0.1, 0.15) is 35.4 Å². The largest absolute Gasteiger partial charge is 0.299 e. The van der Waals surface area contributed by atoms with Crippen LogP contribution in [0.3, 0.4) is 0 Å². The first kappa shape index (κ1) is 9.91. The zero-order valence-electron chi connectivity index (χ0n) is 8.43. The second kappa shape index (κ2) is 3.50. The van der Waals surface area contributed by atoms with Gasteiger partial charge in [-0.25, -0.2) is 0 Å². The highest BCUT2D eigenvalue weighted by Gasteiger charge is 2.31. The van der Waals surface area contributed by atoms with Crippen LogP contribution >= 0.6 is 15.9 Å². The van der Waals surface area contributed by atoms with E-state index in [9.17, 15) is 4.79 Å². The number of ketones is 1. The Labute approximate surface area is 92.6 Å². The Balaban J connectivity index is 2.47. The molecule has 1 aliphatic carbocycles. The second-order valence-corrected chi connectivity index (χ2v) is 4.93. The smallest absolute Gasteiger partial charge is 0.140 e. The number of hydrogen-bond acceptors (Lipinski definition) is 1. The number of aryl methyl sites for hydroxylation is 2. The molecule has 0 bridgehead atoms. The molecule has 0 amide bonds. The van der Waals surface area contributed by atoms with Crippen molar-refractivity contribution in [3.05, 3.63) is 33.3 Å². The van der Waals surface area contributed by atoms with E-state index in [1.165, 1.54) is 16.7 Å². The molecule has 1 saturated carbocycles. The zero-order chi connectivity index (χ0) is 10.3. The third-order valence-corrected chi connectivity index (χ3v) is 3.43. The van der Waals surface area contributed by atoms with Crippen molar-refractivity contribution in [2.75, 3.05) is 0 Å². The summed E-state index contributed by atoms with van der Waals surface area (Å²) < 4.78 is 1.10. The van der Waals surface area contributed by atoms with E-state index in [1.54, 1.807) is 0 Å². The molecular formula is C12H13BrO. The number of carbonyl (C=O) groups is 1. The summed E-state index contributed by atoms with van der Waals surface area (Å²) in [5.41, 5.74) is 3.72. The van der Waals surface area contributed by atoms with Gasteiger partial charge in [0.05, 0.1) is 0 Å². The molecule has 1 atom stereocenters. The molecule has 14 heavy (non-hydrogen) atoms. The van der Waals surface area contributed by atoms with Gasteiger partial charge in [-0.2, -0.15) is 0 Å². The first-order chi connectivity index (χ1) is 6.59. The number of Topliss-reactive ketones (excluding diaryl/α,β-unsaturated/α-hetero) is 1. The van der Waals surface area contributed by atoms with Gasteiger partial charge in [-0.15, -0.1) is 0 Å². The van der Waals surface area contributed by atoms with E-state index >= 15 is 0 Å². The van der Waals surface area contributed by atoms with Gasteiger partial charge >= 0.3 is 0 Å². The molecule has 74 valence electrons. The minimum atomic E-state index is 0.183. The van der Waals surface area contributed by atoms with Crippen molar-refractivity contribution in [2.45, 2.75) is 32.6 Å². The monoisotopic (exact) mass is 252 g/mol. The number of rotatable bonds is 1. The van der Waals surface area contributed by atoms with E-state index in [4.69, 9.17) is 0 Å². The number of hydrogen-bond donors (Lipinski definition) is 0. The molecule has 1 nitrogen and oxygen atoms in total. The van der Waals surface area contributed by atoms with Crippen molar-refractivity contribution in [1.82, 2.24) is 0 Å². The summed E-state index contributed by atoms with van der Waals surface area (Å²) in [6.45, 7) is 4.16. The van der Waals surface area contributed by atoms with E-state index in [-0.39, 0.29) is 5.92 Å². The van der Waals surface area contributed by atoms with Gasteiger partial charge in [0, 0.05) is 16.8 Å². The van der Waals surface area contributed by atoms with Crippen LogP contribution in [0.25, 0.3) is 0 Å². The maximum Gasteiger partial charge on any atom is 0.140 e. The lowest BCUT2D eigenvalue weighted by molar-refractivity contribution is -0.125. The van der Waals surface area contributed by atoms with Crippen LogP contribution in [0.4, 0.5) is 0 Å². The van der Waals surface area contributed by atoms with Crippen molar-refractivity contribution < 1.29 is 4.79 Å². The van der Waals surface area contributed by atoms with Crippen molar-refractivity contribution >= 4 is 21.7 Å². The third kappa shape index (κ3) is 1.52. The number of halogens is 1. The topological polar surface area (TPSA) is 17.1 Å². The van der Waals surface area contributed by atoms with E-state index in [1.807, 2.05) is 0 Å². The van der Waals surface area contributed by atoms with Crippen LogP contribution in [0.5, 0.6) is 0 Å². The van der Waals surface area contributed by atoms with Crippen LogP contribution < -0.4 is 0 Å². The molecule has 0 aliphatic heterocycles. The molecule has 0 radical (unpaired) electrons. The normalized spacial score (nSPS) is 20.8. The van der Waals surface area contributed by atoms with Gasteiger partial charge in [0.2, 0.25) is 0 Å². The first-order valence-electron chi connectivity index (χ1n) is 4.89. The lowest BCUT2D eigenvalue weighted by atomic mass is 9.75. The summed E-state index contributed by atoms with van der Waals surface area (Å²) in [7, 11) is 0. The molecule has 0 aromatic heterocycles. The summed E-state index contributed by atoms with van der Waals surface area (Å²) in [5, 5.41) is 0. The van der Waals surface area contributed by atoms with Crippen molar-refractivity contribution in [2.24, 2.45) is 0 Å². The lowest BCUT2D eigenvalue weighted by Gasteiger charge is -2.27. The van der Waals surface area contributed by atoms with Crippen molar-refractivity contribution in [1.29, 1.82) is 0 Å². The highest BCUT2D eigenvalue weighted by atomic mass is 79.9. The quantitative estimate of drug-likeness (QED) is 0.748. The van der Waals surface area contributed by atoms with Crippen LogP contribution in [0.15, 0.2) is 16.6 Å². The maximum atomic E-state index is 11.4. The highest BCUT2D eigenvalue weighted by Crippen LogP contribution is 2.37. The van der Waals surface area contributed by atoms with Gasteiger partial charge in [-0.1, -0.05) is 15.9 Å². The minimum Gasteiger partial charge on any atom is -0.299 e. The maximum absolute atomic E-state index is 11.4. The standard InChI is InChI=1S/C12H13BrO/c1-7-5-9(13)6-8(2)12(7)10-3-4-11(10)14/h5-6,10H,3-4H2,1-2H3. The Morgan fingerprint density at radius 3 is 2.21 bits per heavy atom. The summed E-state index contributed by atoms with van der Waals surface area (Å²) in [4.78, 5) is 11.4. The van der Waals surface area contributed by atoms with Gasteiger partial charge in [0.25, 0.3) is 0 Å². The lowest BCUT2D eigenvalue weighted by Crippen LogP contribution is -2.24. The third-order valence-electron chi connectivity index (χ3n) is 2.98. The fourth-order valence-corrected chi connectivity index (χ4v) is 2.87. The van der Waals surface area contributed by atoms with Crippen molar-refractivity contribution in [3.63, 3.8) is 0 Å². The van der Waals surface area contributed by atoms with Crippen LogP contribution in [-0.4, -0.2) is 5.78 Å². The van der Waals surface area contributed by atoms with Gasteiger partial charge in [-0.05, 0) is 49.1 Å². The SMILES string of the molecule is Cc1cc(Br)cc(C)c1C1CCC1=O. The van der Waals surface area contributed by atoms with Gasteiger partial charge < -0.3 is 0 Å². The predicted molar refractivity (Wildman–Crippen MR) is 60.6 cm³/mol. The summed E-state index contributed by atoms with van der Waals surface area (Å²) in [5.74, 6) is 0.585. The number of carbonyl (C=O) groups excluding carboxylic acids is 1. The van der Waals surface area contributed by atoms with E-state index < -0.39 is 0 Å². The Morgan fingerprint density at radius 2 is 1.86 bits per heavy atom. The van der Waals surface area contributed by atoms with Gasteiger partial charge in [0.15, 0.2) is 0 Å². The molecule has 1 aromatic rings. The fraction of sp³-hybridized carbons (Fsp3) is 0.417. The van der Waals surface area contributed by atoms with E-state index in [0.29, 0.717) is 5.78 Å². The molecule has 1 aliphatic rings. The molecule has 1 fully saturated rings. The summed E-state index contributed by atoms with van der Waals surface area (Å²) >= 11 is 3.47. The highest BCUT2D eigenvalue weighted by molar-refractivity contribution is 9.10. The van der Waals surface area contributed by atoms with Crippen molar-refractivity contribution in [3.8, 4) is 0 Å². The molecule has 0 N–H and O–H groups in total. The van der Waals surface area contributed by atoms with Crippen LogP contribution in [-0.2, 0) is 4.79 Å². The minimum absolute atomic E-state index is 0.183. The van der Waals surface area contributed by atoms with Gasteiger partial charge in [-0.3, -0.25) is 4.79 Å². The first-order valence-corrected chi connectivity index (χ1v) is 5.68.